The molecule has 0 spiro atoms. The monoisotopic (exact) mass is 263 g/mol. The molecule has 0 radical (unpaired) electrons. The normalized spacial score (nSPS) is 17.4. The van der Waals surface area contributed by atoms with Gasteiger partial charge in [-0.1, -0.05) is 0 Å². The number of nitrogen functional groups attached to an aromatic ring is 1. The standard InChI is InChI=1S/C15H25N3O/c1-18-9-6-12(7-10-18)5-8-17-15-4-3-13(19-2)11-14(15)16/h3-4,11-12,17H,5-10,16H2,1-2H3. The van der Waals surface area contributed by atoms with Crippen LogP contribution in [0.25, 0.3) is 0 Å². The van der Waals surface area contributed by atoms with E-state index in [9.17, 15) is 0 Å². The van der Waals surface area contributed by atoms with Crippen LogP contribution in [0.5, 0.6) is 5.75 Å². The Hall–Kier alpha value is -1.42. The van der Waals surface area contributed by atoms with Gasteiger partial charge >= 0.3 is 0 Å². The van der Waals surface area contributed by atoms with E-state index in [2.05, 4.69) is 17.3 Å². The lowest BCUT2D eigenvalue weighted by Gasteiger charge is -2.29. The van der Waals surface area contributed by atoms with Crippen molar-refractivity contribution < 1.29 is 4.74 Å². The summed E-state index contributed by atoms with van der Waals surface area (Å²) in [5.41, 5.74) is 7.75. The molecule has 4 nitrogen and oxygen atoms in total. The van der Waals surface area contributed by atoms with E-state index in [-0.39, 0.29) is 0 Å². The number of methoxy groups -OCH3 is 1. The number of benzene rings is 1. The molecule has 1 fully saturated rings. The quantitative estimate of drug-likeness (QED) is 0.801. The molecular formula is C15H25N3O. The van der Waals surface area contributed by atoms with Crippen LogP contribution in [0.1, 0.15) is 19.3 Å². The van der Waals surface area contributed by atoms with Gasteiger partial charge in [0.1, 0.15) is 5.75 Å². The van der Waals surface area contributed by atoms with Gasteiger partial charge in [0, 0.05) is 12.6 Å². The highest BCUT2D eigenvalue weighted by molar-refractivity contribution is 5.68. The summed E-state index contributed by atoms with van der Waals surface area (Å²) in [6.07, 6.45) is 3.85. The van der Waals surface area contributed by atoms with Crippen LogP contribution < -0.4 is 15.8 Å². The predicted octanol–water partition coefficient (Wildman–Crippen LogP) is 2.42. The lowest BCUT2D eigenvalue weighted by molar-refractivity contribution is 0.215. The molecule has 0 atom stereocenters. The SMILES string of the molecule is COc1ccc(NCCC2CCN(C)CC2)c(N)c1. The van der Waals surface area contributed by atoms with E-state index < -0.39 is 0 Å². The largest absolute Gasteiger partial charge is 0.497 e. The third kappa shape index (κ3) is 4.03. The van der Waals surface area contributed by atoms with Crippen LogP contribution in [-0.2, 0) is 0 Å². The van der Waals surface area contributed by atoms with Crippen molar-refractivity contribution in [3.63, 3.8) is 0 Å². The Bertz CT molecular complexity index is 400. The summed E-state index contributed by atoms with van der Waals surface area (Å²) < 4.78 is 5.15. The van der Waals surface area contributed by atoms with Crippen LogP contribution in [0.3, 0.4) is 0 Å². The zero-order valence-electron chi connectivity index (χ0n) is 12.0. The number of hydrogen-bond acceptors (Lipinski definition) is 4. The summed E-state index contributed by atoms with van der Waals surface area (Å²) in [4.78, 5) is 2.41. The third-order valence-corrected chi connectivity index (χ3v) is 3.96. The van der Waals surface area contributed by atoms with Crippen molar-refractivity contribution in [2.24, 2.45) is 5.92 Å². The van der Waals surface area contributed by atoms with Crippen molar-refractivity contribution >= 4 is 11.4 Å². The summed E-state index contributed by atoms with van der Waals surface area (Å²) in [5.74, 6) is 1.65. The molecule has 19 heavy (non-hydrogen) atoms. The Kier molecular flexibility index (Phi) is 4.91. The number of hydrogen-bond donors (Lipinski definition) is 2. The number of anilines is 2. The molecule has 0 amide bonds. The molecule has 1 aliphatic rings. The van der Waals surface area contributed by atoms with Gasteiger partial charge < -0.3 is 20.7 Å². The van der Waals surface area contributed by atoms with E-state index >= 15 is 0 Å². The average Bonchev–Trinajstić information content (AvgIpc) is 2.42. The zero-order chi connectivity index (χ0) is 13.7. The Balaban J connectivity index is 1.76. The van der Waals surface area contributed by atoms with Gasteiger partial charge in [-0.05, 0) is 57.5 Å². The van der Waals surface area contributed by atoms with Crippen molar-refractivity contribution in [2.75, 3.05) is 44.8 Å². The van der Waals surface area contributed by atoms with Gasteiger partial charge in [0.2, 0.25) is 0 Å². The number of piperidine rings is 1. The summed E-state index contributed by atoms with van der Waals surface area (Å²) in [6.45, 7) is 3.45. The Morgan fingerprint density at radius 1 is 1.37 bits per heavy atom. The predicted molar refractivity (Wildman–Crippen MR) is 80.7 cm³/mol. The lowest BCUT2D eigenvalue weighted by atomic mass is 9.94. The molecule has 0 saturated carbocycles. The summed E-state index contributed by atoms with van der Waals surface area (Å²) >= 11 is 0. The van der Waals surface area contributed by atoms with Crippen LogP contribution in [0.15, 0.2) is 18.2 Å². The first-order valence-electron chi connectivity index (χ1n) is 7.05. The molecule has 4 heteroatoms. The van der Waals surface area contributed by atoms with Gasteiger partial charge in [-0.15, -0.1) is 0 Å². The number of rotatable bonds is 5. The van der Waals surface area contributed by atoms with Crippen LogP contribution in [0.2, 0.25) is 0 Å². The van der Waals surface area contributed by atoms with Crippen molar-refractivity contribution in [1.29, 1.82) is 0 Å². The first-order valence-corrected chi connectivity index (χ1v) is 7.05. The van der Waals surface area contributed by atoms with Crippen LogP contribution in [0.4, 0.5) is 11.4 Å². The Morgan fingerprint density at radius 3 is 2.74 bits per heavy atom. The van der Waals surface area contributed by atoms with E-state index in [4.69, 9.17) is 10.5 Å². The van der Waals surface area contributed by atoms with Crippen molar-refractivity contribution in [3.05, 3.63) is 18.2 Å². The summed E-state index contributed by atoms with van der Waals surface area (Å²) in [5, 5.41) is 3.43. The maximum Gasteiger partial charge on any atom is 0.121 e. The van der Waals surface area contributed by atoms with Crippen LogP contribution in [-0.4, -0.2) is 38.7 Å². The van der Waals surface area contributed by atoms with Gasteiger partial charge in [0.15, 0.2) is 0 Å². The minimum atomic E-state index is 0.753. The van der Waals surface area contributed by atoms with E-state index in [1.165, 1.54) is 32.4 Å². The first kappa shape index (κ1) is 14.0. The van der Waals surface area contributed by atoms with Gasteiger partial charge in [-0.2, -0.15) is 0 Å². The molecule has 0 aromatic heterocycles. The molecule has 0 aliphatic carbocycles. The molecule has 0 unspecified atom stereocenters. The molecule has 106 valence electrons. The van der Waals surface area contributed by atoms with Crippen molar-refractivity contribution in [1.82, 2.24) is 4.90 Å². The van der Waals surface area contributed by atoms with Gasteiger partial charge in [-0.25, -0.2) is 0 Å². The Morgan fingerprint density at radius 2 is 2.11 bits per heavy atom. The Labute approximate surface area is 115 Å². The molecule has 0 bridgehead atoms. The molecule has 1 heterocycles. The summed E-state index contributed by atoms with van der Waals surface area (Å²) in [6, 6.07) is 5.79. The van der Waals surface area contributed by atoms with Crippen molar-refractivity contribution in [3.8, 4) is 5.75 Å². The van der Waals surface area contributed by atoms with Gasteiger partial charge in [0.25, 0.3) is 0 Å². The van der Waals surface area contributed by atoms with E-state index in [1.807, 2.05) is 18.2 Å². The number of nitrogens with two attached hydrogens (primary N) is 1. The first-order chi connectivity index (χ1) is 9.19. The second-order valence-corrected chi connectivity index (χ2v) is 5.42. The molecule has 2 rings (SSSR count). The fourth-order valence-corrected chi connectivity index (χ4v) is 2.59. The molecular weight excluding hydrogens is 238 g/mol. The van der Waals surface area contributed by atoms with E-state index in [0.717, 1.165) is 29.6 Å². The van der Waals surface area contributed by atoms with E-state index in [1.54, 1.807) is 7.11 Å². The maximum absolute atomic E-state index is 5.99. The van der Waals surface area contributed by atoms with E-state index in [0.29, 0.717) is 0 Å². The highest BCUT2D eigenvalue weighted by atomic mass is 16.5. The molecule has 1 aromatic carbocycles. The molecule has 1 saturated heterocycles. The second-order valence-electron chi connectivity index (χ2n) is 5.42. The second kappa shape index (κ2) is 6.66. The van der Waals surface area contributed by atoms with Crippen LogP contribution in [0, 0.1) is 5.92 Å². The van der Waals surface area contributed by atoms with Crippen molar-refractivity contribution in [2.45, 2.75) is 19.3 Å². The average molecular weight is 263 g/mol. The zero-order valence-corrected chi connectivity index (χ0v) is 12.0. The topological polar surface area (TPSA) is 50.5 Å². The maximum atomic E-state index is 5.99. The van der Waals surface area contributed by atoms with Crippen LogP contribution >= 0.6 is 0 Å². The van der Waals surface area contributed by atoms with Gasteiger partial charge in [0.05, 0.1) is 18.5 Å². The number of likely N-dealkylation sites (tertiary alicyclic amines) is 1. The number of ether oxygens (including phenoxy) is 1. The minimum Gasteiger partial charge on any atom is -0.497 e. The lowest BCUT2D eigenvalue weighted by Crippen LogP contribution is -2.30. The van der Waals surface area contributed by atoms with Gasteiger partial charge in [-0.3, -0.25) is 0 Å². The third-order valence-electron chi connectivity index (χ3n) is 3.96. The molecule has 1 aliphatic heterocycles. The molecule has 3 N–H and O–H groups in total. The number of nitrogens with one attached hydrogen (secondary N) is 1. The number of nitrogens with zero attached hydrogens (tertiary/aromatic N) is 1. The fourth-order valence-electron chi connectivity index (χ4n) is 2.59. The highest BCUT2D eigenvalue weighted by Gasteiger charge is 2.16. The minimum absolute atomic E-state index is 0.753. The summed E-state index contributed by atoms with van der Waals surface area (Å²) in [7, 11) is 3.86. The smallest absolute Gasteiger partial charge is 0.121 e. The molecule has 1 aromatic rings. The fraction of sp³-hybridized carbons (Fsp3) is 0.600. The highest BCUT2D eigenvalue weighted by Crippen LogP contribution is 2.25.